The molecule has 6 rings (SSSR count). The molecule has 2 aliphatic rings. The van der Waals surface area contributed by atoms with Gasteiger partial charge >= 0.3 is 5.69 Å². The number of pyridine rings is 2. The fourth-order valence-electron chi connectivity index (χ4n) is 6.55. The van der Waals surface area contributed by atoms with Crippen molar-refractivity contribution in [1.82, 2.24) is 24.4 Å². The van der Waals surface area contributed by atoms with E-state index in [0.29, 0.717) is 55.5 Å². The van der Waals surface area contributed by atoms with Gasteiger partial charge in [-0.25, -0.2) is 23.1 Å². The molecular formula is C34H38F2N8O2S. The number of carbonyl (C=O) groups excluding carboxylic acids is 1. The van der Waals surface area contributed by atoms with Crippen LogP contribution in [0.3, 0.4) is 0 Å². The molecule has 2 atom stereocenters. The van der Waals surface area contributed by atoms with Gasteiger partial charge in [-0.05, 0) is 50.1 Å². The molecule has 0 aliphatic carbocycles. The SMILES string of the molecule is C=CC(=O)N1C[C@H](C)N(c2nc(=O)n3c4nc(c(F)cc24)-c2c(F)cccc2N(CCN)CCSc2ccnc(C(C)C)c2-3)C[C@H]1C. The number of aromatic nitrogens is 4. The number of thioether (sulfide) groups is 1. The third-order valence-corrected chi connectivity index (χ3v) is 9.82. The number of carbonyl (C=O) groups is 1. The first-order valence-electron chi connectivity index (χ1n) is 15.7. The molecule has 0 spiro atoms. The van der Waals surface area contributed by atoms with Gasteiger partial charge in [0.1, 0.15) is 17.3 Å². The average Bonchev–Trinajstić information content (AvgIpc) is 3.04. The van der Waals surface area contributed by atoms with Gasteiger partial charge in [-0.2, -0.15) is 4.98 Å². The number of anilines is 2. The largest absolute Gasteiger partial charge is 0.369 e. The summed E-state index contributed by atoms with van der Waals surface area (Å²) < 4.78 is 33.7. The number of piperazine rings is 1. The van der Waals surface area contributed by atoms with Gasteiger partial charge in [0.2, 0.25) is 5.91 Å². The van der Waals surface area contributed by atoms with Crippen LogP contribution in [-0.4, -0.2) is 80.9 Å². The summed E-state index contributed by atoms with van der Waals surface area (Å²) in [4.78, 5) is 47.3. The summed E-state index contributed by atoms with van der Waals surface area (Å²) in [6.07, 6.45) is 3.00. The summed E-state index contributed by atoms with van der Waals surface area (Å²) in [5, 5.41) is 0.289. The van der Waals surface area contributed by atoms with E-state index in [-0.39, 0.29) is 52.0 Å². The molecule has 47 heavy (non-hydrogen) atoms. The molecule has 2 bridgehead atoms. The summed E-state index contributed by atoms with van der Waals surface area (Å²) in [6.45, 7) is 13.3. The lowest BCUT2D eigenvalue weighted by Crippen LogP contribution is -2.58. The molecule has 4 aromatic rings. The van der Waals surface area contributed by atoms with Crippen LogP contribution in [0, 0.1) is 11.6 Å². The smallest absolute Gasteiger partial charge is 0.355 e. The van der Waals surface area contributed by atoms with Crippen LogP contribution < -0.4 is 21.2 Å². The lowest BCUT2D eigenvalue weighted by Gasteiger charge is -2.44. The van der Waals surface area contributed by atoms with E-state index >= 15 is 8.78 Å². The van der Waals surface area contributed by atoms with Crippen molar-refractivity contribution in [2.45, 2.75) is 50.6 Å². The summed E-state index contributed by atoms with van der Waals surface area (Å²) in [6, 6.07) is 7.24. The molecule has 1 aromatic carbocycles. The second-order valence-corrected chi connectivity index (χ2v) is 13.4. The number of amides is 1. The van der Waals surface area contributed by atoms with Crippen LogP contribution in [-0.2, 0) is 4.79 Å². The maximum absolute atomic E-state index is 16.5. The molecule has 3 aromatic heterocycles. The molecule has 13 heteroatoms. The van der Waals surface area contributed by atoms with Gasteiger partial charge in [-0.1, -0.05) is 26.5 Å². The van der Waals surface area contributed by atoms with Crippen LogP contribution in [0.1, 0.15) is 39.3 Å². The molecule has 246 valence electrons. The molecule has 0 unspecified atom stereocenters. The zero-order valence-corrected chi connectivity index (χ0v) is 27.7. The standard InChI is InChI=1S/C34H38F2N8O2S/c1-6-27(45)42-17-21(5)43(18-20(42)4)32-22-16-24(36)30-28-23(35)8-7-9-25(28)41(13-11-37)14-15-47-26-10-12-38-29(19(2)3)31(26)44(33(22)39-30)34(46)40-32/h6-10,12,16,19-21H,1,11,13-15,17-18,37H2,2-5H3/t20-,21+/m1/s1. The van der Waals surface area contributed by atoms with Crippen LogP contribution in [0.25, 0.3) is 28.0 Å². The molecule has 1 amide bonds. The minimum Gasteiger partial charge on any atom is -0.369 e. The number of fused-ring (bicyclic) bond motifs is 5. The highest BCUT2D eigenvalue weighted by atomic mass is 32.2. The predicted octanol–water partition coefficient (Wildman–Crippen LogP) is 4.73. The number of hydrogen-bond acceptors (Lipinski definition) is 9. The number of benzene rings is 1. The topological polar surface area (TPSA) is 113 Å². The van der Waals surface area contributed by atoms with Gasteiger partial charge in [0.05, 0.1) is 22.3 Å². The van der Waals surface area contributed by atoms with Crippen molar-refractivity contribution >= 4 is 40.2 Å². The van der Waals surface area contributed by atoms with E-state index in [9.17, 15) is 9.59 Å². The summed E-state index contributed by atoms with van der Waals surface area (Å²) in [7, 11) is 0. The second-order valence-electron chi connectivity index (χ2n) is 12.2. The third-order valence-electron chi connectivity index (χ3n) is 8.79. The number of rotatable bonds is 5. The molecule has 10 nitrogen and oxygen atoms in total. The predicted molar refractivity (Wildman–Crippen MR) is 183 cm³/mol. The fraction of sp³-hybridized carbons (Fsp3) is 0.382. The van der Waals surface area contributed by atoms with E-state index in [1.54, 1.807) is 23.2 Å². The molecule has 2 N–H and O–H groups in total. The molecule has 2 aliphatic heterocycles. The van der Waals surface area contributed by atoms with Crippen molar-refractivity contribution in [1.29, 1.82) is 0 Å². The van der Waals surface area contributed by atoms with Crippen LogP contribution in [0.4, 0.5) is 20.3 Å². The van der Waals surface area contributed by atoms with Crippen molar-refractivity contribution in [3.05, 3.63) is 77.0 Å². The highest BCUT2D eigenvalue weighted by molar-refractivity contribution is 7.99. The van der Waals surface area contributed by atoms with Gasteiger partial charge in [0, 0.05) is 67.3 Å². The molecular weight excluding hydrogens is 622 g/mol. The first kappa shape index (κ1) is 32.6. The minimum atomic E-state index is -0.757. The van der Waals surface area contributed by atoms with E-state index in [1.807, 2.05) is 43.6 Å². The Balaban J connectivity index is 1.70. The Hall–Kier alpha value is -4.36. The Morgan fingerprint density at radius 1 is 1.15 bits per heavy atom. The van der Waals surface area contributed by atoms with E-state index in [4.69, 9.17) is 10.7 Å². The van der Waals surface area contributed by atoms with Crippen LogP contribution in [0.2, 0.25) is 0 Å². The molecule has 1 saturated heterocycles. The van der Waals surface area contributed by atoms with Crippen molar-refractivity contribution in [2.24, 2.45) is 5.73 Å². The van der Waals surface area contributed by atoms with Gasteiger partial charge in [0.15, 0.2) is 11.5 Å². The van der Waals surface area contributed by atoms with Gasteiger partial charge in [-0.15, -0.1) is 11.8 Å². The molecule has 0 radical (unpaired) electrons. The summed E-state index contributed by atoms with van der Waals surface area (Å²) in [5.74, 6) is -0.849. The number of nitrogens with two attached hydrogens (primary N) is 1. The van der Waals surface area contributed by atoms with Gasteiger partial charge in [-0.3, -0.25) is 9.78 Å². The minimum absolute atomic E-state index is 0.00248. The maximum Gasteiger partial charge on any atom is 0.355 e. The molecule has 5 heterocycles. The van der Waals surface area contributed by atoms with Crippen LogP contribution >= 0.6 is 11.8 Å². The quantitative estimate of drug-likeness (QED) is 0.304. The summed E-state index contributed by atoms with van der Waals surface area (Å²) >= 11 is 1.54. The maximum atomic E-state index is 16.5. The molecule has 0 saturated carbocycles. The second kappa shape index (κ2) is 13.0. The first-order chi connectivity index (χ1) is 22.5. The van der Waals surface area contributed by atoms with Crippen molar-refractivity contribution in [3.63, 3.8) is 0 Å². The lowest BCUT2D eigenvalue weighted by atomic mass is 10.0. The van der Waals surface area contributed by atoms with E-state index < -0.39 is 17.3 Å². The Morgan fingerprint density at radius 2 is 1.94 bits per heavy atom. The van der Waals surface area contributed by atoms with Gasteiger partial charge < -0.3 is 20.4 Å². The first-order valence-corrected chi connectivity index (χ1v) is 16.7. The average molecular weight is 661 g/mol. The Bertz CT molecular complexity index is 1930. The van der Waals surface area contributed by atoms with Crippen LogP contribution in [0.15, 0.2) is 58.9 Å². The van der Waals surface area contributed by atoms with Crippen molar-refractivity contribution in [3.8, 4) is 16.9 Å². The summed E-state index contributed by atoms with van der Waals surface area (Å²) in [5.41, 5.74) is 6.93. The monoisotopic (exact) mass is 660 g/mol. The number of halogens is 2. The number of hydrogen-bond donors (Lipinski definition) is 1. The van der Waals surface area contributed by atoms with Gasteiger partial charge in [0.25, 0.3) is 0 Å². The van der Waals surface area contributed by atoms with E-state index in [2.05, 4.69) is 16.5 Å². The highest BCUT2D eigenvalue weighted by Gasteiger charge is 2.35. The number of nitrogens with zero attached hydrogens (tertiary/aromatic N) is 7. The Kier molecular flexibility index (Phi) is 9.03. The van der Waals surface area contributed by atoms with E-state index in [1.165, 1.54) is 34.5 Å². The normalized spacial score (nSPS) is 18.2. The van der Waals surface area contributed by atoms with E-state index in [0.717, 1.165) is 4.90 Å². The zero-order chi connectivity index (χ0) is 33.6. The lowest BCUT2D eigenvalue weighted by molar-refractivity contribution is -0.128. The van der Waals surface area contributed by atoms with Crippen molar-refractivity contribution in [2.75, 3.05) is 48.3 Å². The van der Waals surface area contributed by atoms with Crippen LogP contribution in [0.5, 0.6) is 0 Å². The Labute approximate surface area is 276 Å². The molecule has 1 fully saturated rings. The third kappa shape index (κ3) is 5.75. The zero-order valence-electron chi connectivity index (χ0n) is 26.9. The van der Waals surface area contributed by atoms with Crippen molar-refractivity contribution < 1.29 is 13.6 Å². The fourth-order valence-corrected chi connectivity index (χ4v) is 7.57. The highest BCUT2D eigenvalue weighted by Crippen LogP contribution is 2.40. The Morgan fingerprint density at radius 3 is 2.66 bits per heavy atom.